The van der Waals surface area contributed by atoms with E-state index in [2.05, 4.69) is 38.0 Å². The van der Waals surface area contributed by atoms with Gasteiger partial charge in [-0.05, 0) is 53.3 Å². The maximum atomic E-state index is 12.6. The largest absolute Gasteiger partial charge is 0.322 e. The van der Waals surface area contributed by atoms with Gasteiger partial charge in [0.25, 0.3) is 5.91 Å². The normalized spacial score (nSPS) is 10.6. The Bertz CT molecular complexity index is 852. The van der Waals surface area contributed by atoms with E-state index < -0.39 is 0 Å². The number of nitrogens with zero attached hydrogens (tertiary/aromatic N) is 3. The highest BCUT2D eigenvalue weighted by atomic mass is 127. The topological polar surface area (TPSA) is 59.8 Å². The van der Waals surface area contributed by atoms with Crippen molar-refractivity contribution in [1.29, 1.82) is 0 Å². The Hall–Kier alpha value is -2.22. The molecule has 0 radical (unpaired) electrons. The highest BCUT2D eigenvalue weighted by Gasteiger charge is 2.13. The zero-order valence-electron chi connectivity index (χ0n) is 12.7. The van der Waals surface area contributed by atoms with E-state index in [1.165, 1.54) is 6.33 Å². The van der Waals surface area contributed by atoms with E-state index in [1.54, 1.807) is 4.68 Å². The monoisotopic (exact) mass is 418 g/mol. The summed E-state index contributed by atoms with van der Waals surface area (Å²) < 4.78 is 2.63. The Morgan fingerprint density at radius 3 is 2.70 bits per heavy atom. The molecule has 0 aliphatic rings. The molecule has 2 aromatic carbocycles. The third-order valence-corrected chi connectivity index (χ3v) is 4.44. The molecule has 0 unspecified atom stereocenters. The van der Waals surface area contributed by atoms with Crippen molar-refractivity contribution in [2.24, 2.45) is 7.05 Å². The standard InChI is InChI=1S/C17H15IN4O/c1-11-5-3-8-14(18)15(11)17(23)21-13-7-4-6-12(9-13)16-19-10-20-22(16)2/h3-10H,1-2H3,(H,21,23). The summed E-state index contributed by atoms with van der Waals surface area (Å²) in [5, 5.41) is 7.03. The average molecular weight is 418 g/mol. The van der Waals surface area contributed by atoms with Crippen LogP contribution in [-0.4, -0.2) is 20.7 Å². The van der Waals surface area contributed by atoms with Crippen LogP contribution in [0.3, 0.4) is 0 Å². The molecule has 3 aromatic rings. The Balaban J connectivity index is 1.89. The van der Waals surface area contributed by atoms with Gasteiger partial charge in [-0.15, -0.1) is 0 Å². The van der Waals surface area contributed by atoms with Gasteiger partial charge in [-0.25, -0.2) is 9.67 Å². The van der Waals surface area contributed by atoms with Crippen molar-refractivity contribution in [2.75, 3.05) is 5.32 Å². The quantitative estimate of drug-likeness (QED) is 0.661. The number of rotatable bonds is 3. The number of hydrogen-bond donors (Lipinski definition) is 1. The first-order chi connectivity index (χ1) is 11.1. The third-order valence-electron chi connectivity index (χ3n) is 3.54. The van der Waals surface area contributed by atoms with E-state index >= 15 is 0 Å². The fourth-order valence-electron chi connectivity index (χ4n) is 2.41. The second kappa shape index (κ2) is 6.49. The molecule has 0 saturated heterocycles. The maximum Gasteiger partial charge on any atom is 0.257 e. The molecule has 5 nitrogen and oxygen atoms in total. The van der Waals surface area contributed by atoms with Crippen LogP contribution in [0.15, 0.2) is 48.8 Å². The predicted octanol–water partition coefficient (Wildman–Crippen LogP) is 3.65. The SMILES string of the molecule is Cc1cccc(I)c1C(=O)Nc1cccc(-c2ncnn2C)c1. The minimum atomic E-state index is -0.109. The van der Waals surface area contributed by atoms with Crippen molar-refractivity contribution in [3.8, 4) is 11.4 Å². The molecule has 0 aliphatic heterocycles. The molecule has 23 heavy (non-hydrogen) atoms. The molecule has 1 amide bonds. The maximum absolute atomic E-state index is 12.6. The van der Waals surface area contributed by atoms with Crippen molar-refractivity contribution >= 4 is 34.2 Å². The molecule has 1 N–H and O–H groups in total. The van der Waals surface area contributed by atoms with Crippen LogP contribution in [0.1, 0.15) is 15.9 Å². The van der Waals surface area contributed by atoms with Gasteiger partial charge in [-0.1, -0.05) is 24.3 Å². The number of anilines is 1. The first kappa shape index (κ1) is 15.7. The predicted molar refractivity (Wildman–Crippen MR) is 98.3 cm³/mol. The summed E-state index contributed by atoms with van der Waals surface area (Å²) in [7, 11) is 1.84. The molecule has 3 rings (SSSR count). The van der Waals surface area contributed by atoms with Gasteiger partial charge >= 0.3 is 0 Å². The smallest absolute Gasteiger partial charge is 0.257 e. The number of halogens is 1. The van der Waals surface area contributed by atoms with E-state index in [4.69, 9.17) is 0 Å². The molecule has 116 valence electrons. The molecule has 0 aliphatic carbocycles. The Labute approximate surface area is 147 Å². The van der Waals surface area contributed by atoms with Crippen molar-refractivity contribution in [3.63, 3.8) is 0 Å². The zero-order valence-corrected chi connectivity index (χ0v) is 14.9. The summed E-state index contributed by atoms with van der Waals surface area (Å²) in [5.41, 5.74) is 3.30. The third kappa shape index (κ3) is 3.26. The molecule has 0 fully saturated rings. The van der Waals surface area contributed by atoms with E-state index in [1.807, 2.05) is 56.4 Å². The lowest BCUT2D eigenvalue weighted by molar-refractivity contribution is 0.102. The fraction of sp³-hybridized carbons (Fsp3) is 0.118. The number of nitrogens with one attached hydrogen (secondary N) is 1. The van der Waals surface area contributed by atoms with Crippen molar-refractivity contribution in [1.82, 2.24) is 14.8 Å². The van der Waals surface area contributed by atoms with Gasteiger partial charge in [-0.3, -0.25) is 4.79 Å². The number of aromatic nitrogens is 3. The number of carbonyl (C=O) groups is 1. The molecule has 1 heterocycles. The molecule has 0 spiro atoms. The van der Waals surface area contributed by atoms with E-state index in [9.17, 15) is 4.79 Å². The lowest BCUT2D eigenvalue weighted by atomic mass is 10.1. The molecular weight excluding hydrogens is 403 g/mol. The lowest BCUT2D eigenvalue weighted by Gasteiger charge is -2.10. The van der Waals surface area contributed by atoms with E-state index in [0.29, 0.717) is 5.56 Å². The van der Waals surface area contributed by atoms with Gasteiger partial charge in [-0.2, -0.15) is 5.10 Å². The average Bonchev–Trinajstić information content (AvgIpc) is 2.93. The number of benzene rings is 2. The summed E-state index contributed by atoms with van der Waals surface area (Å²) in [6.45, 7) is 1.94. The highest BCUT2D eigenvalue weighted by Crippen LogP contribution is 2.22. The van der Waals surface area contributed by atoms with Crippen molar-refractivity contribution < 1.29 is 4.79 Å². The van der Waals surface area contributed by atoms with Crippen LogP contribution in [-0.2, 0) is 7.05 Å². The van der Waals surface area contributed by atoms with Gasteiger partial charge in [0.05, 0.1) is 5.56 Å². The number of amides is 1. The second-order valence-electron chi connectivity index (χ2n) is 5.17. The van der Waals surface area contributed by atoms with Crippen LogP contribution in [0.25, 0.3) is 11.4 Å². The molecule has 0 saturated carbocycles. The van der Waals surface area contributed by atoms with Crippen LogP contribution >= 0.6 is 22.6 Å². The number of carbonyl (C=O) groups excluding carboxylic acids is 1. The van der Waals surface area contributed by atoms with Crippen LogP contribution in [0.4, 0.5) is 5.69 Å². The van der Waals surface area contributed by atoms with Crippen LogP contribution in [0.2, 0.25) is 0 Å². The van der Waals surface area contributed by atoms with Crippen LogP contribution in [0.5, 0.6) is 0 Å². The van der Waals surface area contributed by atoms with Gasteiger partial charge in [0.15, 0.2) is 5.82 Å². The highest BCUT2D eigenvalue weighted by molar-refractivity contribution is 14.1. The number of hydrogen-bond acceptors (Lipinski definition) is 3. The van der Waals surface area contributed by atoms with Crippen LogP contribution in [0, 0.1) is 10.5 Å². The minimum absolute atomic E-state index is 0.109. The molecule has 1 aromatic heterocycles. The molecular formula is C17H15IN4O. The summed E-state index contributed by atoms with van der Waals surface area (Å²) in [5.74, 6) is 0.647. The molecule has 0 atom stereocenters. The second-order valence-corrected chi connectivity index (χ2v) is 6.34. The summed E-state index contributed by atoms with van der Waals surface area (Å²) in [6.07, 6.45) is 1.51. The molecule has 6 heteroatoms. The lowest BCUT2D eigenvalue weighted by Crippen LogP contribution is -2.15. The summed E-state index contributed by atoms with van der Waals surface area (Å²) in [6, 6.07) is 13.4. The van der Waals surface area contributed by atoms with Gasteiger partial charge in [0.1, 0.15) is 6.33 Å². The van der Waals surface area contributed by atoms with E-state index in [0.717, 1.165) is 26.2 Å². The van der Waals surface area contributed by atoms with Gasteiger partial charge < -0.3 is 5.32 Å². The summed E-state index contributed by atoms with van der Waals surface area (Å²) >= 11 is 2.18. The Morgan fingerprint density at radius 1 is 1.22 bits per heavy atom. The van der Waals surface area contributed by atoms with Crippen molar-refractivity contribution in [2.45, 2.75) is 6.92 Å². The Kier molecular flexibility index (Phi) is 4.42. The fourth-order valence-corrected chi connectivity index (χ4v) is 3.28. The minimum Gasteiger partial charge on any atom is -0.322 e. The molecule has 0 bridgehead atoms. The zero-order chi connectivity index (χ0) is 16.4. The first-order valence-electron chi connectivity index (χ1n) is 7.07. The van der Waals surface area contributed by atoms with Gasteiger partial charge in [0, 0.05) is 21.9 Å². The first-order valence-corrected chi connectivity index (χ1v) is 8.15. The van der Waals surface area contributed by atoms with Gasteiger partial charge in [0.2, 0.25) is 0 Å². The van der Waals surface area contributed by atoms with E-state index in [-0.39, 0.29) is 5.91 Å². The van der Waals surface area contributed by atoms with Crippen LogP contribution < -0.4 is 5.32 Å². The Morgan fingerprint density at radius 2 is 2.00 bits per heavy atom. The van der Waals surface area contributed by atoms with Crippen molar-refractivity contribution in [3.05, 3.63) is 63.5 Å². The summed E-state index contributed by atoms with van der Waals surface area (Å²) in [4.78, 5) is 16.8. The number of aryl methyl sites for hydroxylation is 2.